The maximum atomic E-state index is 12.6. The summed E-state index contributed by atoms with van der Waals surface area (Å²) in [4.78, 5) is 11.3. The molecular formula is C14H19NO5S. The quantitative estimate of drug-likeness (QED) is 0.859. The van der Waals surface area contributed by atoms with Crippen LogP contribution in [0.3, 0.4) is 0 Å². The first-order valence-corrected chi connectivity index (χ1v) is 8.15. The van der Waals surface area contributed by atoms with Gasteiger partial charge in [0.25, 0.3) is 0 Å². The molecule has 2 rings (SSSR count). The highest BCUT2D eigenvalue weighted by Gasteiger charge is 2.38. The van der Waals surface area contributed by atoms with E-state index in [-0.39, 0.29) is 24.4 Å². The molecule has 2 atom stereocenters. The van der Waals surface area contributed by atoms with Crippen molar-refractivity contribution >= 4 is 16.0 Å². The van der Waals surface area contributed by atoms with E-state index in [1.807, 2.05) is 19.9 Å². The number of hydrogen-bond donors (Lipinski definition) is 2. The molecule has 1 aromatic carbocycles. The summed E-state index contributed by atoms with van der Waals surface area (Å²) in [5.74, 6) is -2.26. The Morgan fingerprint density at radius 1 is 1.24 bits per heavy atom. The Morgan fingerprint density at radius 2 is 1.81 bits per heavy atom. The second-order valence-corrected chi connectivity index (χ2v) is 7.43. The number of hydrogen-bond acceptors (Lipinski definition) is 4. The second-order valence-electron chi connectivity index (χ2n) is 5.49. The molecule has 0 radical (unpaired) electrons. The van der Waals surface area contributed by atoms with Gasteiger partial charge in [-0.3, -0.25) is 4.79 Å². The summed E-state index contributed by atoms with van der Waals surface area (Å²) < 4.78 is 26.4. The number of carbonyl (C=O) groups is 1. The molecule has 1 aromatic rings. The molecule has 0 amide bonds. The van der Waals surface area contributed by atoms with E-state index < -0.39 is 28.0 Å². The van der Waals surface area contributed by atoms with Crippen LogP contribution in [-0.2, 0) is 14.8 Å². The Morgan fingerprint density at radius 3 is 2.33 bits per heavy atom. The first-order valence-electron chi connectivity index (χ1n) is 6.71. The van der Waals surface area contributed by atoms with E-state index in [4.69, 9.17) is 5.11 Å². The van der Waals surface area contributed by atoms with Gasteiger partial charge in [-0.05, 0) is 43.5 Å². The zero-order chi connectivity index (χ0) is 15.8. The predicted molar refractivity (Wildman–Crippen MR) is 76.4 cm³/mol. The number of aliphatic carboxylic acids is 1. The van der Waals surface area contributed by atoms with Gasteiger partial charge >= 0.3 is 5.97 Å². The molecule has 0 bridgehead atoms. The number of aliphatic hydroxyl groups is 1. The van der Waals surface area contributed by atoms with E-state index in [1.165, 1.54) is 0 Å². The van der Waals surface area contributed by atoms with Crippen molar-refractivity contribution in [3.05, 3.63) is 29.3 Å². The monoisotopic (exact) mass is 313 g/mol. The van der Waals surface area contributed by atoms with Crippen LogP contribution in [0.4, 0.5) is 0 Å². The van der Waals surface area contributed by atoms with Crippen molar-refractivity contribution in [1.29, 1.82) is 0 Å². The molecule has 1 aliphatic rings. The molecule has 1 saturated heterocycles. The lowest BCUT2D eigenvalue weighted by Crippen LogP contribution is -2.48. The molecule has 1 fully saturated rings. The van der Waals surface area contributed by atoms with E-state index in [0.29, 0.717) is 0 Å². The molecule has 0 aliphatic carbocycles. The lowest BCUT2D eigenvalue weighted by Gasteiger charge is -2.33. The number of rotatable bonds is 3. The Bertz CT molecular complexity index is 635. The number of benzene rings is 1. The standard InChI is InChI=1S/C14H19NO5S/c1-9-5-10(2)7-11(6-9)21(19,20)15-4-3-13(16)12(8-15)14(17)18/h5-7,12-13,16H,3-4,8H2,1-2H3,(H,17,18)/t12-,13-/m0/s1. The maximum absolute atomic E-state index is 12.6. The number of piperidine rings is 1. The molecule has 2 N–H and O–H groups in total. The summed E-state index contributed by atoms with van der Waals surface area (Å²) in [6.45, 7) is 3.55. The van der Waals surface area contributed by atoms with Crippen molar-refractivity contribution in [1.82, 2.24) is 4.31 Å². The highest BCUT2D eigenvalue weighted by Crippen LogP contribution is 2.25. The van der Waals surface area contributed by atoms with Crippen molar-refractivity contribution in [2.75, 3.05) is 13.1 Å². The fraction of sp³-hybridized carbons (Fsp3) is 0.500. The second kappa shape index (κ2) is 5.75. The molecule has 6 nitrogen and oxygen atoms in total. The summed E-state index contributed by atoms with van der Waals surface area (Å²) in [5.41, 5.74) is 1.67. The summed E-state index contributed by atoms with van der Waals surface area (Å²) in [7, 11) is -3.74. The topological polar surface area (TPSA) is 94.9 Å². The number of sulfonamides is 1. The van der Waals surface area contributed by atoms with Crippen molar-refractivity contribution in [2.45, 2.75) is 31.3 Å². The maximum Gasteiger partial charge on any atom is 0.310 e. The van der Waals surface area contributed by atoms with E-state index in [9.17, 15) is 18.3 Å². The molecule has 21 heavy (non-hydrogen) atoms. The van der Waals surface area contributed by atoms with Crippen LogP contribution in [0.2, 0.25) is 0 Å². The fourth-order valence-electron chi connectivity index (χ4n) is 2.60. The lowest BCUT2D eigenvalue weighted by atomic mass is 9.96. The van der Waals surface area contributed by atoms with Crippen LogP contribution in [0.5, 0.6) is 0 Å². The van der Waals surface area contributed by atoms with Crippen LogP contribution < -0.4 is 0 Å². The molecule has 0 unspecified atom stereocenters. The van der Waals surface area contributed by atoms with Gasteiger partial charge in [0.1, 0.15) is 0 Å². The molecule has 0 saturated carbocycles. The average Bonchev–Trinajstić information content (AvgIpc) is 2.37. The number of aliphatic hydroxyl groups excluding tert-OH is 1. The minimum Gasteiger partial charge on any atom is -0.481 e. The van der Waals surface area contributed by atoms with Crippen molar-refractivity contribution in [2.24, 2.45) is 5.92 Å². The summed E-state index contributed by atoms with van der Waals surface area (Å²) in [6, 6.07) is 5.02. The molecular weight excluding hydrogens is 294 g/mol. The Hall–Kier alpha value is -1.44. The summed E-state index contributed by atoms with van der Waals surface area (Å²) >= 11 is 0. The SMILES string of the molecule is Cc1cc(C)cc(S(=O)(=O)N2CC[C@H](O)[C@@H](C(=O)O)C2)c1. The summed E-state index contributed by atoms with van der Waals surface area (Å²) in [5, 5.41) is 18.7. The molecule has 0 aromatic heterocycles. The van der Waals surface area contributed by atoms with Crippen molar-refractivity contribution in [3.63, 3.8) is 0 Å². The highest BCUT2D eigenvalue weighted by molar-refractivity contribution is 7.89. The lowest BCUT2D eigenvalue weighted by molar-refractivity contribution is -0.147. The van der Waals surface area contributed by atoms with E-state index in [0.717, 1.165) is 15.4 Å². The molecule has 1 aliphatic heterocycles. The minimum absolute atomic E-state index is 0.125. The molecule has 116 valence electrons. The smallest absolute Gasteiger partial charge is 0.310 e. The Labute approximate surface area is 124 Å². The van der Waals surface area contributed by atoms with Gasteiger partial charge < -0.3 is 10.2 Å². The van der Waals surface area contributed by atoms with Crippen molar-refractivity contribution < 1.29 is 23.4 Å². The first kappa shape index (κ1) is 15.9. The van der Waals surface area contributed by atoms with Gasteiger partial charge in [0, 0.05) is 13.1 Å². The predicted octanol–water partition coefficient (Wildman–Crippen LogP) is 0.760. The number of nitrogens with zero attached hydrogens (tertiary/aromatic N) is 1. The van der Waals surface area contributed by atoms with Crippen LogP contribution in [0.15, 0.2) is 23.1 Å². The molecule has 1 heterocycles. The number of aryl methyl sites for hydroxylation is 2. The zero-order valence-electron chi connectivity index (χ0n) is 12.0. The zero-order valence-corrected chi connectivity index (χ0v) is 12.8. The normalized spacial score (nSPS) is 24.0. The van der Waals surface area contributed by atoms with Crippen LogP contribution in [-0.4, -0.2) is 48.1 Å². The molecule has 7 heteroatoms. The summed E-state index contributed by atoms with van der Waals surface area (Å²) in [6.07, 6.45) is -0.880. The van der Waals surface area contributed by atoms with Crippen LogP contribution in [0, 0.1) is 19.8 Å². The third-order valence-electron chi connectivity index (χ3n) is 3.69. The van der Waals surface area contributed by atoms with Gasteiger partial charge in [0.2, 0.25) is 10.0 Å². The van der Waals surface area contributed by atoms with E-state index >= 15 is 0 Å². The van der Waals surface area contributed by atoms with Gasteiger partial charge in [0.05, 0.1) is 16.9 Å². The largest absolute Gasteiger partial charge is 0.481 e. The van der Waals surface area contributed by atoms with Gasteiger partial charge in [0.15, 0.2) is 0 Å². The third-order valence-corrected chi connectivity index (χ3v) is 5.53. The first-order chi connectivity index (χ1) is 9.71. The fourth-order valence-corrected chi connectivity index (χ4v) is 4.27. The number of carboxylic acids is 1. The van der Waals surface area contributed by atoms with Crippen LogP contribution in [0.25, 0.3) is 0 Å². The van der Waals surface area contributed by atoms with E-state index in [1.54, 1.807) is 12.1 Å². The van der Waals surface area contributed by atoms with Gasteiger partial charge in [-0.2, -0.15) is 4.31 Å². The van der Waals surface area contributed by atoms with Crippen molar-refractivity contribution in [3.8, 4) is 0 Å². The highest BCUT2D eigenvalue weighted by atomic mass is 32.2. The minimum atomic E-state index is -3.74. The van der Waals surface area contributed by atoms with Crippen LogP contribution >= 0.6 is 0 Å². The van der Waals surface area contributed by atoms with Gasteiger partial charge in [-0.1, -0.05) is 6.07 Å². The molecule has 0 spiro atoms. The van der Waals surface area contributed by atoms with E-state index in [2.05, 4.69) is 0 Å². The Balaban J connectivity index is 2.33. The van der Waals surface area contributed by atoms with Gasteiger partial charge in [-0.25, -0.2) is 8.42 Å². The Kier molecular flexibility index (Phi) is 4.36. The average molecular weight is 313 g/mol. The van der Waals surface area contributed by atoms with Gasteiger partial charge in [-0.15, -0.1) is 0 Å². The number of carboxylic acid groups (broad SMARTS) is 1. The van der Waals surface area contributed by atoms with Crippen LogP contribution in [0.1, 0.15) is 17.5 Å². The third kappa shape index (κ3) is 3.25.